The molecule has 0 saturated carbocycles. The molecule has 3 aromatic rings. The summed E-state index contributed by atoms with van der Waals surface area (Å²) in [5.41, 5.74) is 4.36. The van der Waals surface area contributed by atoms with Gasteiger partial charge in [-0.15, -0.1) is 0 Å². The van der Waals surface area contributed by atoms with Gasteiger partial charge in [-0.2, -0.15) is 5.10 Å². The Morgan fingerprint density at radius 1 is 1.00 bits per heavy atom. The van der Waals surface area contributed by atoms with Crippen LogP contribution in [0.3, 0.4) is 0 Å². The maximum atomic E-state index is 12.2. The second-order valence-corrected chi connectivity index (χ2v) is 6.69. The summed E-state index contributed by atoms with van der Waals surface area (Å²) >= 11 is 6.00. The number of nitrogens with one attached hydrogen (secondary N) is 1. The number of hydrogen-bond acceptors (Lipinski definition) is 5. The maximum Gasteiger partial charge on any atom is 0.345 e. The lowest BCUT2D eigenvalue weighted by atomic mass is 10.2. The van der Waals surface area contributed by atoms with E-state index in [0.717, 1.165) is 5.56 Å². The minimum atomic E-state index is -0.539. The van der Waals surface area contributed by atoms with Gasteiger partial charge in [-0.1, -0.05) is 41.9 Å². The van der Waals surface area contributed by atoms with E-state index < -0.39 is 5.97 Å². The number of ether oxygens (including phenoxy) is 2. The molecule has 0 aliphatic heterocycles. The highest BCUT2D eigenvalue weighted by Crippen LogP contribution is 2.19. The van der Waals surface area contributed by atoms with Crippen LogP contribution in [0.1, 0.15) is 21.5 Å². The number of rotatable bonds is 7. The first kappa shape index (κ1) is 21.1. The van der Waals surface area contributed by atoms with Crippen LogP contribution in [0.15, 0.2) is 77.9 Å². The third-order valence-electron chi connectivity index (χ3n) is 4.04. The van der Waals surface area contributed by atoms with E-state index in [1.54, 1.807) is 54.6 Å². The lowest BCUT2D eigenvalue weighted by Gasteiger charge is -2.07. The lowest BCUT2D eigenvalue weighted by molar-refractivity contribution is -0.123. The van der Waals surface area contributed by atoms with E-state index in [-0.39, 0.29) is 12.5 Å². The first-order valence-electron chi connectivity index (χ1n) is 9.10. The number of amides is 1. The molecule has 3 aromatic carbocycles. The van der Waals surface area contributed by atoms with Crippen molar-refractivity contribution in [2.45, 2.75) is 6.92 Å². The third kappa shape index (κ3) is 5.93. The molecular formula is C23H19ClN2O4. The zero-order valence-corrected chi connectivity index (χ0v) is 16.9. The van der Waals surface area contributed by atoms with E-state index in [4.69, 9.17) is 21.1 Å². The highest BCUT2D eigenvalue weighted by atomic mass is 35.5. The predicted octanol–water partition coefficient (Wildman–Crippen LogP) is 4.40. The SMILES string of the molecule is Cc1ccccc1OCC(=O)NN=Cc1ccc(OC(=O)c2ccccc2Cl)cc1. The van der Waals surface area contributed by atoms with Gasteiger partial charge < -0.3 is 9.47 Å². The second kappa shape index (κ2) is 10.2. The zero-order valence-electron chi connectivity index (χ0n) is 16.2. The van der Waals surface area contributed by atoms with Crippen molar-refractivity contribution in [2.24, 2.45) is 5.10 Å². The molecule has 0 fully saturated rings. The van der Waals surface area contributed by atoms with E-state index in [9.17, 15) is 9.59 Å². The summed E-state index contributed by atoms with van der Waals surface area (Å²) in [4.78, 5) is 24.0. The van der Waals surface area contributed by atoms with Crippen molar-refractivity contribution in [1.82, 2.24) is 5.43 Å². The van der Waals surface area contributed by atoms with Crippen molar-refractivity contribution in [3.63, 3.8) is 0 Å². The normalized spacial score (nSPS) is 10.6. The topological polar surface area (TPSA) is 77.0 Å². The predicted molar refractivity (Wildman–Crippen MR) is 115 cm³/mol. The summed E-state index contributed by atoms with van der Waals surface area (Å²) in [6.45, 7) is 1.76. The van der Waals surface area contributed by atoms with Gasteiger partial charge in [0.1, 0.15) is 11.5 Å². The van der Waals surface area contributed by atoms with Gasteiger partial charge in [0.15, 0.2) is 6.61 Å². The smallest absolute Gasteiger partial charge is 0.345 e. The number of carbonyl (C=O) groups excluding carboxylic acids is 2. The van der Waals surface area contributed by atoms with E-state index in [2.05, 4.69) is 10.5 Å². The summed E-state index contributed by atoms with van der Waals surface area (Å²) in [5.74, 6) is 0.106. The van der Waals surface area contributed by atoms with Gasteiger partial charge in [-0.05, 0) is 60.5 Å². The van der Waals surface area contributed by atoms with Gasteiger partial charge in [0.2, 0.25) is 0 Å². The Morgan fingerprint density at radius 3 is 2.43 bits per heavy atom. The molecule has 30 heavy (non-hydrogen) atoms. The van der Waals surface area contributed by atoms with Crippen molar-refractivity contribution in [3.05, 3.63) is 94.5 Å². The fourth-order valence-electron chi connectivity index (χ4n) is 2.48. The number of carbonyl (C=O) groups is 2. The quantitative estimate of drug-likeness (QED) is 0.265. The Labute approximate surface area is 179 Å². The van der Waals surface area contributed by atoms with Gasteiger partial charge >= 0.3 is 5.97 Å². The molecule has 1 N–H and O–H groups in total. The Kier molecular flexibility index (Phi) is 7.19. The molecule has 0 atom stereocenters. The number of benzene rings is 3. The molecule has 0 radical (unpaired) electrons. The van der Waals surface area contributed by atoms with Crippen LogP contribution in [0.25, 0.3) is 0 Å². The first-order valence-corrected chi connectivity index (χ1v) is 9.48. The van der Waals surface area contributed by atoms with Gasteiger partial charge in [0, 0.05) is 0 Å². The van der Waals surface area contributed by atoms with E-state index in [1.165, 1.54) is 6.21 Å². The van der Waals surface area contributed by atoms with Crippen LogP contribution in [0.2, 0.25) is 5.02 Å². The van der Waals surface area contributed by atoms with Crippen molar-refractivity contribution < 1.29 is 19.1 Å². The van der Waals surface area contributed by atoms with Crippen molar-refractivity contribution in [2.75, 3.05) is 6.61 Å². The minimum absolute atomic E-state index is 0.140. The lowest BCUT2D eigenvalue weighted by Crippen LogP contribution is -2.24. The van der Waals surface area contributed by atoms with Gasteiger partial charge in [0.25, 0.3) is 5.91 Å². The average Bonchev–Trinajstić information content (AvgIpc) is 2.74. The summed E-state index contributed by atoms with van der Waals surface area (Å²) in [6.07, 6.45) is 1.48. The van der Waals surface area contributed by atoms with Crippen LogP contribution < -0.4 is 14.9 Å². The number of hydrazone groups is 1. The van der Waals surface area contributed by atoms with E-state index in [0.29, 0.717) is 27.6 Å². The average molecular weight is 423 g/mol. The van der Waals surface area contributed by atoms with Gasteiger partial charge in [0.05, 0.1) is 16.8 Å². The fourth-order valence-corrected chi connectivity index (χ4v) is 2.70. The van der Waals surface area contributed by atoms with Crippen LogP contribution in [-0.4, -0.2) is 24.7 Å². The maximum absolute atomic E-state index is 12.2. The Hall–Kier alpha value is -3.64. The molecule has 0 heterocycles. The number of hydrogen-bond donors (Lipinski definition) is 1. The molecule has 0 aromatic heterocycles. The van der Waals surface area contributed by atoms with E-state index >= 15 is 0 Å². The van der Waals surface area contributed by atoms with Gasteiger partial charge in [-0.3, -0.25) is 4.79 Å². The van der Waals surface area contributed by atoms with Crippen molar-refractivity contribution in [3.8, 4) is 11.5 Å². The molecule has 152 valence electrons. The molecule has 6 nitrogen and oxygen atoms in total. The van der Waals surface area contributed by atoms with Crippen LogP contribution in [0.4, 0.5) is 0 Å². The minimum Gasteiger partial charge on any atom is -0.483 e. The Morgan fingerprint density at radius 2 is 1.70 bits per heavy atom. The summed E-state index contributed by atoms with van der Waals surface area (Å²) in [6, 6.07) is 20.8. The van der Waals surface area contributed by atoms with Crippen molar-refractivity contribution in [1.29, 1.82) is 0 Å². The van der Waals surface area contributed by atoms with Crippen molar-refractivity contribution >= 4 is 29.7 Å². The Balaban J connectivity index is 1.48. The number of esters is 1. The summed E-state index contributed by atoms with van der Waals surface area (Å²) in [5, 5.41) is 4.22. The summed E-state index contributed by atoms with van der Waals surface area (Å²) in [7, 11) is 0. The Bertz CT molecular complexity index is 1060. The monoisotopic (exact) mass is 422 g/mol. The molecule has 0 aliphatic rings. The number of nitrogens with zero attached hydrogens (tertiary/aromatic N) is 1. The number of halogens is 1. The number of aryl methyl sites for hydroxylation is 1. The van der Waals surface area contributed by atoms with E-state index in [1.807, 2.05) is 25.1 Å². The van der Waals surface area contributed by atoms with Crippen LogP contribution in [0.5, 0.6) is 11.5 Å². The molecule has 1 amide bonds. The fraction of sp³-hybridized carbons (Fsp3) is 0.0870. The molecule has 3 rings (SSSR count). The third-order valence-corrected chi connectivity index (χ3v) is 4.37. The zero-order chi connectivity index (χ0) is 21.3. The standard InChI is InChI=1S/C23H19ClN2O4/c1-16-6-2-5-9-21(16)29-15-22(27)26-25-14-17-10-12-18(13-11-17)30-23(28)19-7-3-4-8-20(19)24/h2-14H,15H2,1H3,(H,26,27). The molecule has 0 bridgehead atoms. The molecular weight excluding hydrogens is 404 g/mol. The largest absolute Gasteiger partial charge is 0.483 e. The molecule has 0 unspecified atom stereocenters. The molecule has 0 aliphatic carbocycles. The molecule has 0 spiro atoms. The van der Waals surface area contributed by atoms with Crippen LogP contribution in [-0.2, 0) is 4.79 Å². The first-order chi connectivity index (χ1) is 14.5. The highest BCUT2D eigenvalue weighted by molar-refractivity contribution is 6.33. The summed E-state index contributed by atoms with van der Waals surface area (Å²) < 4.78 is 10.8. The van der Waals surface area contributed by atoms with Gasteiger partial charge in [-0.25, -0.2) is 10.2 Å². The van der Waals surface area contributed by atoms with Crippen LogP contribution >= 0.6 is 11.6 Å². The molecule has 0 saturated heterocycles. The number of para-hydroxylation sites is 1. The van der Waals surface area contributed by atoms with Crippen LogP contribution in [0, 0.1) is 6.92 Å². The highest BCUT2D eigenvalue weighted by Gasteiger charge is 2.12. The molecule has 7 heteroatoms. The second-order valence-electron chi connectivity index (χ2n) is 6.29.